The van der Waals surface area contributed by atoms with E-state index >= 15 is 0 Å². The molecule has 0 atom stereocenters. The first kappa shape index (κ1) is 22.3. The molecule has 4 rings (SSSR count). The summed E-state index contributed by atoms with van der Waals surface area (Å²) in [5, 5.41) is 12.9. The minimum atomic E-state index is -2.91. The van der Waals surface area contributed by atoms with E-state index in [1.165, 1.54) is 22.8 Å². The third kappa shape index (κ3) is 3.75. The monoisotopic (exact) mass is 482 g/mol. The van der Waals surface area contributed by atoms with E-state index in [1.54, 1.807) is 18.2 Å². The molecule has 11 heteroatoms. The molecule has 1 amide bonds. The molecule has 1 aliphatic rings. The van der Waals surface area contributed by atoms with Crippen molar-refractivity contribution in [2.75, 3.05) is 5.32 Å². The lowest BCUT2D eigenvalue weighted by Gasteiger charge is -2.39. The highest BCUT2D eigenvalue weighted by Crippen LogP contribution is 2.46. The number of carboxylic acids is 1. The van der Waals surface area contributed by atoms with Crippen LogP contribution in [0, 0.1) is 0 Å². The first-order chi connectivity index (χ1) is 15.0. The van der Waals surface area contributed by atoms with Crippen molar-refractivity contribution >= 4 is 57.7 Å². The molecule has 168 valence electrons. The summed E-state index contributed by atoms with van der Waals surface area (Å²) in [5.41, 5.74) is 5.15. The Hall–Kier alpha value is -2.91. The normalized spacial score (nSPS) is 17.2. The van der Waals surface area contributed by atoms with E-state index in [9.17, 15) is 23.5 Å². The lowest BCUT2D eigenvalue weighted by molar-refractivity contribution is -0.133. The third-order valence-electron chi connectivity index (χ3n) is 5.80. The van der Waals surface area contributed by atoms with Gasteiger partial charge in [0, 0.05) is 12.8 Å². The van der Waals surface area contributed by atoms with Crippen molar-refractivity contribution in [2.24, 2.45) is 5.73 Å². The van der Waals surface area contributed by atoms with Crippen LogP contribution in [0.25, 0.3) is 11.0 Å². The van der Waals surface area contributed by atoms with Crippen molar-refractivity contribution in [3.8, 4) is 0 Å². The summed E-state index contributed by atoms with van der Waals surface area (Å²) in [7, 11) is 0. The minimum absolute atomic E-state index is 0.0206. The van der Waals surface area contributed by atoms with Gasteiger partial charge in [0.15, 0.2) is 0 Å². The lowest BCUT2D eigenvalue weighted by Crippen LogP contribution is -2.50. The van der Waals surface area contributed by atoms with Crippen LogP contribution < -0.4 is 11.1 Å². The maximum Gasteiger partial charge on any atom is 0.335 e. The molecule has 1 saturated carbocycles. The van der Waals surface area contributed by atoms with Gasteiger partial charge in [-0.2, -0.15) is 0 Å². The van der Waals surface area contributed by atoms with Gasteiger partial charge in [-0.05, 0) is 43.2 Å². The maximum absolute atomic E-state index is 14.0. The van der Waals surface area contributed by atoms with E-state index in [1.807, 2.05) is 0 Å². The number of hydrogen-bond donors (Lipinski definition) is 3. The molecule has 1 aromatic heterocycles. The van der Waals surface area contributed by atoms with Crippen molar-refractivity contribution < 1.29 is 23.5 Å². The number of anilines is 2. The fourth-order valence-electron chi connectivity index (χ4n) is 4.07. The highest BCUT2D eigenvalue weighted by Gasteiger charge is 2.49. The quantitative estimate of drug-likeness (QED) is 0.464. The second-order valence-electron chi connectivity index (χ2n) is 7.75. The summed E-state index contributed by atoms with van der Waals surface area (Å²) in [4.78, 5) is 28.6. The number of imidazole rings is 1. The number of nitrogens with two attached hydrogens (primary N) is 1. The van der Waals surface area contributed by atoms with Gasteiger partial charge in [0.25, 0.3) is 0 Å². The van der Waals surface area contributed by atoms with Gasteiger partial charge in [-0.3, -0.25) is 9.36 Å². The molecule has 7 nitrogen and oxygen atoms in total. The number of halogens is 4. The Labute approximate surface area is 191 Å². The summed E-state index contributed by atoms with van der Waals surface area (Å²) >= 11 is 12.5. The number of hydrogen-bond acceptors (Lipinski definition) is 4. The number of para-hydroxylation sites is 1. The maximum atomic E-state index is 14.0. The Morgan fingerprint density at radius 1 is 1.09 bits per heavy atom. The van der Waals surface area contributed by atoms with Gasteiger partial charge in [-0.15, -0.1) is 0 Å². The number of carboxylic acid groups (broad SMARTS) is 1. The molecule has 1 fully saturated rings. The number of carbonyl (C=O) groups excluding carboxylic acids is 1. The van der Waals surface area contributed by atoms with E-state index in [4.69, 9.17) is 28.9 Å². The first-order valence-electron chi connectivity index (χ1n) is 9.69. The number of fused-ring (bicyclic) bond motifs is 1. The van der Waals surface area contributed by atoms with Crippen LogP contribution in [-0.2, 0) is 10.3 Å². The average molecular weight is 483 g/mol. The molecule has 1 heterocycles. The predicted octanol–water partition coefficient (Wildman–Crippen LogP) is 5.17. The van der Waals surface area contributed by atoms with Crippen LogP contribution in [-0.4, -0.2) is 32.5 Å². The van der Waals surface area contributed by atoms with Gasteiger partial charge in [-0.1, -0.05) is 29.3 Å². The van der Waals surface area contributed by atoms with Gasteiger partial charge in [0.05, 0.1) is 32.3 Å². The smallest absolute Gasteiger partial charge is 0.335 e. The van der Waals surface area contributed by atoms with E-state index < -0.39 is 36.2 Å². The minimum Gasteiger partial charge on any atom is -0.478 e. The van der Waals surface area contributed by atoms with Crippen LogP contribution in [0.4, 0.5) is 20.4 Å². The third-order valence-corrected chi connectivity index (χ3v) is 6.43. The van der Waals surface area contributed by atoms with Crippen molar-refractivity contribution in [3.63, 3.8) is 0 Å². The Kier molecular flexibility index (Phi) is 5.50. The summed E-state index contributed by atoms with van der Waals surface area (Å²) in [6.07, 6.45) is -1.50. The van der Waals surface area contributed by atoms with Crippen LogP contribution in [0.3, 0.4) is 0 Å². The fraction of sp³-hybridized carbons (Fsp3) is 0.286. The molecule has 3 aromatic rings. The van der Waals surface area contributed by atoms with Gasteiger partial charge >= 0.3 is 5.97 Å². The molecular weight excluding hydrogens is 465 g/mol. The number of aromatic nitrogens is 2. The zero-order valence-electron chi connectivity index (χ0n) is 16.5. The Morgan fingerprint density at radius 3 is 2.28 bits per heavy atom. The topological polar surface area (TPSA) is 110 Å². The largest absolute Gasteiger partial charge is 0.478 e. The SMILES string of the molecule is NC(=O)C1(n2c(Nc3c(Cl)cccc3Cl)nc3cc(C(=O)O)ccc32)CCC(F)(F)CC1. The number of rotatable bonds is 5. The van der Waals surface area contributed by atoms with Crippen molar-refractivity contribution in [2.45, 2.75) is 37.1 Å². The van der Waals surface area contributed by atoms with Crippen LogP contribution >= 0.6 is 23.2 Å². The molecule has 1 aliphatic carbocycles. The molecular formula is C21H18Cl2F2N4O3. The van der Waals surface area contributed by atoms with Crippen LogP contribution in [0.15, 0.2) is 36.4 Å². The highest BCUT2D eigenvalue weighted by molar-refractivity contribution is 6.39. The lowest BCUT2D eigenvalue weighted by atomic mass is 9.78. The predicted molar refractivity (Wildman–Crippen MR) is 117 cm³/mol. The van der Waals surface area contributed by atoms with E-state index in [0.717, 1.165) is 0 Å². The number of nitrogens with one attached hydrogen (secondary N) is 1. The summed E-state index contributed by atoms with van der Waals surface area (Å²) < 4.78 is 29.4. The van der Waals surface area contributed by atoms with Crippen LogP contribution in [0.2, 0.25) is 10.0 Å². The fourth-order valence-corrected chi connectivity index (χ4v) is 4.56. The van der Waals surface area contributed by atoms with Gasteiger partial charge in [0.2, 0.25) is 17.8 Å². The molecule has 0 aliphatic heterocycles. The van der Waals surface area contributed by atoms with Crippen molar-refractivity contribution in [3.05, 3.63) is 52.0 Å². The molecule has 0 radical (unpaired) electrons. The second-order valence-corrected chi connectivity index (χ2v) is 8.57. The standard InChI is InChI=1S/C21H18Cl2F2N4O3/c22-12-2-1-3-13(23)16(12)28-19-27-14-10-11(17(30)31)4-5-15(14)29(19)20(18(26)32)6-8-21(24,25)9-7-20/h1-5,10H,6-9H2,(H2,26,32)(H,27,28)(H,30,31). The van der Waals surface area contributed by atoms with Gasteiger partial charge < -0.3 is 16.2 Å². The number of primary amides is 1. The van der Waals surface area contributed by atoms with E-state index in [0.29, 0.717) is 11.2 Å². The molecule has 32 heavy (non-hydrogen) atoms. The van der Waals surface area contributed by atoms with Crippen LogP contribution in [0.5, 0.6) is 0 Å². The summed E-state index contributed by atoms with van der Waals surface area (Å²) in [6, 6.07) is 8.99. The highest BCUT2D eigenvalue weighted by atomic mass is 35.5. The number of benzene rings is 2. The van der Waals surface area contributed by atoms with Gasteiger partial charge in [0.1, 0.15) is 5.54 Å². The zero-order chi connectivity index (χ0) is 23.3. The Balaban J connectivity index is 1.95. The van der Waals surface area contributed by atoms with E-state index in [-0.39, 0.29) is 39.9 Å². The Morgan fingerprint density at radius 2 is 1.72 bits per heavy atom. The number of nitrogens with zero attached hydrogens (tertiary/aromatic N) is 2. The molecule has 0 bridgehead atoms. The Bertz CT molecular complexity index is 1220. The average Bonchev–Trinajstić information content (AvgIpc) is 3.08. The summed E-state index contributed by atoms with van der Waals surface area (Å²) in [5.74, 6) is -4.78. The van der Waals surface area contributed by atoms with E-state index in [2.05, 4.69) is 10.3 Å². The first-order valence-corrected chi connectivity index (χ1v) is 10.4. The molecule has 0 spiro atoms. The molecule has 0 saturated heterocycles. The van der Waals surface area contributed by atoms with Gasteiger partial charge in [-0.25, -0.2) is 18.6 Å². The zero-order valence-corrected chi connectivity index (χ0v) is 18.1. The molecule has 4 N–H and O–H groups in total. The number of alkyl halides is 2. The number of amides is 1. The number of carbonyl (C=O) groups is 2. The second kappa shape index (κ2) is 7.90. The van der Waals surface area contributed by atoms with Crippen LogP contribution in [0.1, 0.15) is 36.0 Å². The molecule has 2 aromatic carbocycles. The van der Waals surface area contributed by atoms with Crippen molar-refractivity contribution in [1.82, 2.24) is 9.55 Å². The molecule has 0 unspecified atom stereocenters. The summed E-state index contributed by atoms with van der Waals surface area (Å²) in [6.45, 7) is 0. The number of aromatic carboxylic acids is 1. The van der Waals surface area contributed by atoms with Crippen molar-refractivity contribution in [1.29, 1.82) is 0 Å².